The lowest BCUT2D eigenvalue weighted by molar-refractivity contribution is 0.587. The summed E-state index contributed by atoms with van der Waals surface area (Å²) in [7, 11) is -3.20. The van der Waals surface area contributed by atoms with Gasteiger partial charge in [0.15, 0.2) is 9.84 Å². The van der Waals surface area contributed by atoms with Crippen molar-refractivity contribution in [3.05, 3.63) is 29.8 Å². The fourth-order valence-electron chi connectivity index (χ4n) is 2.17. The Kier molecular flexibility index (Phi) is 2.98. The van der Waals surface area contributed by atoms with Crippen molar-refractivity contribution in [2.75, 3.05) is 0 Å². The van der Waals surface area contributed by atoms with E-state index in [2.05, 4.69) is 6.07 Å². The van der Waals surface area contributed by atoms with Gasteiger partial charge >= 0.3 is 0 Å². The molecular formula is C14H17NO2S. The molecule has 0 N–H and O–H groups in total. The molecule has 2 unspecified atom stereocenters. The molecule has 2 atom stereocenters. The Morgan fingerprint density at radius 3 is 2.28 bits per heavy atom. The van der Waals surface area contributed by atoms with E-state index in [-0.39, 0.29) is 11.3 Å². The smallest absolute Gasteiger partial charge is 0.180 e. The third-order valence-electron chi connectivity index (χ3n) is 3.86. The number of sulfone groups is 1. The van der Waals surface area contributed by atoms with Crippen LogP contribution < -0.4 is 0 Å². The third kappa shape index (κ3) is 1.93. The van der Waals surface area contributed by atoms with Gasteiger partial charge in [-0.2, -0.15) is 5.26 Å². The lowest BCUT2D eigenvalue weighted by atomic mass is 9.96. The van der Waals surface area contributed by atoms with Crippen molar-refractivity contribution in [3.63, 3.8) is 0 Å². The van der Waals surface area contributed by atoms with E-state index in [0.29, 0.717) is 4.90 Å². The van der Waals surface area contributed by atoms with Gasteiger partial charge in [-0.1, -0.05) is 19.1 Å². The summed E-state index contributed by atoms with van der Waals surface area (Å²) >= 11 is 0. The van der Waals surface area contributed by atoms with E-state index in [4.69, 9.17) is 5.26 Å². The summed E-state index contributed by atoms with van der Waals surface area (Å²) in [5.74, 6) is 0.0602. The van der Waals surface area contributed by atoms with Crippen LogP contribution in [0.5, 0.6) is 0 Å². The Morgan fingerprint density at radius 2 is 1.89 bits per heavy atom. The highest BCUT2D eigenvalue weighted by atomic mass is 32.2. The summed E-state index contributed by atoms with van der Waals surface area (Å²) in [5.41, 5.74) is 0.964. The summed E-state index contributed by atoms with van der Waals surface area (Å²) < 4.78 is 24.0. The molecule has 0 heterocycles. The van der Waals surface area contributed by atoms with Gasteiger partial charge < -0.3 is 0 Å². The molecule has 0 aromatic heterocycles. The monoisotopic (exact) mass is 263 g/mol. The summed E-state index contributed by atoms with van der Waals surface area (Å²) in [5, 5.41) is 8.50. The van der Waals surface area contributed by atoms with Crippen molar-refractivity contribution in [1.29, 1.82) is 5.26 Å². The van der Waals surface area contributed by atoms with Crippen LogP contribution in [0.4, 0.5) is 0 Å². The van der Waals surface area contributed by atoms with Crippen LogP contribution in [0.2, 0.25) is 0 Å². The van der Waals surface area contributed by atoms with Crippen LogP contribution >= 0.6 is 0 Å². The van der Waals surface area contributed by atoms with E-state index < -0.39 is 15.1 Å². The van der Waals surface area contributed by atoms with Crippen LogP contribution in [0.25, 0.3) is 0 Å². The molecule has 0 radical (unpaired) electrons. The van der Waals surface area contributed by atoms with Crippen molar-refractivity contribution >= 4 is 9.84 Å². The molecule has 0 aliphatic heterocycles. The first kappa shape index (κ1) is 13.1. The summed E-state index contributed by atoms with van der Waals surface area (Å²) in [6, 6.07) is 9.26. The molecular weight excluding hydrogens is 246 g/mol. The molecule has 0 amide bonds. The summed E-state index contributed by atoms with van der Waals surface area (Å²) in [6.45, 7) is 5.40. The normalized spacial score (nSPS) is 26.9. The number of benzene rings is 1. The molecule has 1 aromatic rings. The zero-order chi connectivity index (χ0) is 13.6. The zero-order valence-corrected chi connectivity index (χ0v) is 11.7. The van der Waals surface area contributed by atoms with Gasteiger partial charge in [0, 0.05) is 5.41 Å². The van der Waals surface area contributed by atoms with E-state index in [0.717, 1.165) is 12.0 Å². The Labute approximate surface area is 108 Å². The maximum Gasteiger partial charge on any atom is 0.180 e. The number of rotatable bonds is 3. The average molecular weight is 263 g/mol. The van der Waals surface area contributed by atoms with Crippen molar-refractivity contribution in [2.24, 2.45) is 5.92 Å². The highest BCUT2D eigenvalue weighted by Gasteiger charge is 2.51. The fourth-order valence-corrected chi connectivity index (χ4v) is 3.23. The minimum absolute atomic E-state index is 0.0602. The number of nitrogens with zero attached hydrogens (tertiary/aromatic N) is 1. The zero-order valence-electron chi connectivity index (χ0n) is 10.8. The Balaban J connectivity index is 2.31. The van der Waals surface area contributed by atoms with Gasteiger partial charge in [0.05, 0.1) is 22.1 Å². The maximum atomic E-state index is 12.0. The van der Waals surface area contributed by atoms with Crippen LogP contribution in [0.3, 0.4) is 0 Å². The number of hydrogen-bond donors (Lipinski definition) is 0. The Bertz CT molecular complexity index is 596. The molecule has 2 rings (SSSR count). The van der Waals surface area contributed by atoms with Crippen LogP contribution in [0, 0.1) is 17.2 Å². The molecule has 3 nitrogen and oxygen atoms in total. The summed E-state index contributed by atoms with van der Waals surface area (Å²) in [4.78, 5) is 0.360. The van der Waals surface area contributed by atoms with Gasteiger partial charge in [-0.15, -0.1) is 0 Å². The molecule has 0 bridgehead atoms. The molecule has 96 valence electrons. The molecule has 1 fully saturated rings. The first-order valence-corrected chi connectivity index (χ1v) is 7.61. The van der Waals surface area contributed by atoms with Gasteiger partial charge in [0.2, 0.25) is 0 Å². The average Bonchev–Trinajstić information content (AvgIpc) is 3.02. The van der Waals surface area contributed by atoms with E-state index in [1.54, 1.807) is 26.0 Å². The number of hydrogen-bond acceptors (Lipinski definition) is 3. The van der Waals surface area contributed by atoms with Crippen LogP contribution in [-0.4, -0.2) is 13.7 Å². The third-order valence-corrected chi connectivity index (χ3v) is 6.03. The second-order valence-corrected chi connectivity index (χ2v) is 7.93. The van der Waals surface area contributed by atoms with Gasteiger partial charge in [0.25, 0.3) is 0 Å². The minimum atomic E-state index is -3.20. The van der Waals surface area contributed by atoms with Crippen LogP contribution in [0.15, 0.2) is 29.2 Å². The molecule has 1 aliphatic rings. The second kappa shape index (κ2) is 4.10. The van der Waals surface area contributed by atoms with E-state index in [1.807, 2.05) is 19.1 Å². The van der Waals surface area contributed by atoms with E-state index >= 15 is 0 Å². The number of nitriles is 1. The van der Waals surface area contributed by atoms with Crippen molar-refractivity contribution in [1.82, 2.24) is 0 Å². The molecule has 0 saturated heterocycles. The predicted octanol–water partition coefficient (Wildman–Crippen LogP) is 2.67. The van der Waals surface area contributed by atoms with Crippen LogP contribution in [0.1, 0.15) is 32.8 Å². The van der Waals surface area contributed by atoms with E-state index in [1.165, 1.54) is 0 Å². The van der Waals surface area contributed by atoms with E-state index in [9.17, 15) is 8.42 Å². The van der Waals surface area contributed by atoms with Crippen molar-refractivity contribution in [3.8, 4) is 6.07 Å². The molecule has 4 heteroatoms. The lowest BCUT2D eigenvalue weighted by Gasteiger charge is -2.12. The first-order valence-electron chi connectivity index (χ1n) is 6.06. The molecule has 1 aliphatic carbocycles. The van der Waals surface area contributed by atoms with Gasteiger partial charge in [0.1, 0.15) is 0 Å². The molecule has 0 spiro atoms. The Hall–Kier alpha value is -1.34. The highest BCUT2D eigenvalue weighted by Crippen LogP contribution is 2.53. The van der Waals surface area contributed by atoms with Gasteiger partial charge in [-0.3, -0.25) is 0 Å². The van der Waals surface area contributed by atoms with Gasteiger partial charge in [-0.05, 0) is 38.0 Å². The predicted molar refractivity (Wildman–Crippen MR) is 69.8 cm³/mol. The quantitative estimate of drug-likeness (QED) is 0.842. The van der Waals surface area contributed by atoms with Gasteiger partial charge in [-0.25, -0.2) is 8.42 Å². The maximum absolute atomic E-state index is 12.0. The molecule has 1 saturated carbocycles. The SMILES string of the molecule is CC(C)S(=O)(=O)c1ccc(C2(C)CC2C#N)cc1. The first-order chi connectivity index (χ1) is 8.32. The minimum Gasteiger partial charge on any atom is -0.223 e. The largest absolute Gasteiger partial charge is 0.223 e. The van der Waals surface area contributed by atoms with Crippen LogP contribution in [-0.2, 0) is 15.3 Å². The van der Waals surface area contributed by atoms with Crippen molar-refractivity contribution in [2.45, 2.75) is 42.8 Å². The van der Waals surface area contributed by atoms with Crippen molar-refractivity contribution < 1.29 is 8.42 Å². The molecule has 18 heavy (non-hydrogen) atoms. The highest BCUT2D eigenvalue weighted by molar-refractivity contribution is 7.92. The standard InChI is InChI=1S/C14H17NO2S/c1-10(2)18(16,17)13-6-4-11(5-7-13)14(3)8-12(14)9-15/h4-7,10,12H,8H2,1-3H3. The fraction of sp³-hybridized carbons (Fsp3) is 0.500. The lowest BCUT2D eigenvalue weighted by Crippen LogP contribution is -2.14. The molecule has 1 aromatic carbocycles. The Morgan fingerprint density at radius 1 is 1.33 bits per heavy atom. The topological polar surface area (TPSA) is 57.9 Å². The second-order valence-electron chi connectivity index (χ2n) is 5.42. The summed E-state index contributed by atoms with van der Waals surface area (Å²) in [6.07, 6.45) is 0.861.